The molecule has 1 heterocycles. The fourth-order valence-corrected chi connectivity index (χ4v) is 1.18. The zero-order chi connectivity index (χ0) is 13.0. The molecule has 0 radical (unpaired) electrons. The highest BCUT2D eigenvalue weighted by Gasteiger charge is 2.17. The molecule has 0 aliphatic rings. The molecule has 6 nitrogen and oxygen atoms in total. The second kappa shape index (κ2) is 5.37. The predicted molar refractivity (Wildman–Crippen MR) is 54.9 cm³/mol. The summed E-state index contributed by atoms with van der Waals surface area (Å²) in [6.45, 7) is -0.737. The van der Waals surface area contributed by atoms with Crippen LogP contribution in [0.25, 0.3) is 0 Å². The number of halogens is 2. The molecule has 17 heavy (non-hydrogen) atoms. The number of carbonyl (C=O) groups excluding carboxylic acids is 2. The summed E-state index contributed by atoms with van der Waals surface area (Å²) < 4.78 is 25.0. The van der Waals surface area contributed by atoms with E-state index in [2.05, 4.69) is 10.4 Å². The van der Waals surface area contributed by atoms with Crippen LogP contribution in [0.1, 0.15) is 21.0 Å². The molecular weight excluding hydrogens is 234 g/mol. The molecular formula is C9H12F2N4O2. The Morgan fingerprint density at radius 1 is 1.47 bits per heavy atom. The van der Waals surface area contributed by atoms with Gasteiger partial charge in [0.15, 0.2) is 5.69 Å². The van der Waals surface area contributed by atoms with E-state index in [1.807, 2.05) is 5.32 Å². The van der Waals surface area contributed by atoms with Crippen LogP contribution in [0.5, 0.6) is 0 Å². The molecule has 2 N–H and O–H groups in total. The van der Waals surface area contributed by atoms with Gasteiger partial charge in [0, 0.05) is 20.2 Å². The SMILES string of the molecule is CNC(=O)c1cc(C(=O)NCC(F)F)n(C)n1. The number of hydrogen-bond donors (Lipinski definition) is 2. The molecule has 1 rings (SSSR count). The molecule has 0 aliphatic carbocycles. The maximum Gasteiger partial charge on any atom is 0.271 e. The van der Waals surface area contributed by atoms with E-state index in [9.17, 15) is 18.4 Å². The first-order valence-corrected chi connectivity index (χ1v) is 4.78. The van der Waals surface area contributed by atoms with Crippen LogP contribution in [0.3, 0.4) is 0 Å². The van der Waals surface area contributed by atoms with E-state index in [4.69, 9.17) is 0 Å². The molecule has 0 atom stereocenters. The third-order valence-corrected chi connectivity index (χ3v) is 1.99. The maximum atomic E-state index is 11.9. The molecule has 0 aromatic carbocycles. The van der Waals surface area contributed by atoms with Crippen LogP contribution < -0.4 is 10.6 Å². The van der Waals surface area contributed by atoms with E-state index in [1.54, 1.807) is 0 Å². The Balaban J connectivity index is 2.80. The van der Waals surface area contributed by atoms with E-state index in [0.717, 1.165) is 4.68 Å². The van der Waals surface area contributed by atoms with Gasteiger partial charge in [0.2, 0.25) is 0 Å². The molecule has 0 saturated carbocycles. The largest absolute Gasteiger partial charge is 0.354 e. The number of amides is 2. The number of hydrogen-bond acceptors (Lipinski definition) is 3. The van der Waals surface area contributed by atoms with Crippen molar-refractivity contribution in [2.75, 3.05) is 13.6 Å². The molecule has 0 fully saturated rings. The van der Waals surface area contributed by atoms with E-state index in [1.165, 1.54) is 20.2 Å². The minimum Gasteiger partial charge on any atom is -0.354 e. The Morgan fingerprint density at radius 2 is 2.12 bits per heavy atom. The normalized spacial score (nSPS) is 10.4. The number of rotatable bonds is 4. The second-order valence-electron chi connectivity index (χ2n) is 3.22. The van der Waals surface area contributed by atoms with E-state index < -0.39 is 24.8 Å². The van der Waals surface area contributed by atoms with Gasteiger partial charge in [0.05, 0.1) is 6.54 Å². The fourth-order valence-electron chi connectivity index (χ4n) is 1.18. The van der Waals surface area contributed by atoms with Crippen LogP contribution in [-0.4, -0.2) is 41.6 Å². The van der Waals surface area contributed by atoms with Crippen molar-refractivity contribution >= 4 is 11.8 Å². The summed E-state index contributed by atoms with van der Waals surface area (Å²) in [5, 5.41) is 8.16. The smallest absolute Gasteiger partial charge is 0.271 e. The summed E-state index contributed by atoms with van der Waals surface area (Å²) in [7, 11) is 2.87. The van der Waals surface area contributed by atoms with Gasteiger partial charge in [-0.2, -0.15) is 5.10 Å². The van der Waals surface area contributed by atoms with E-state index in [0.29, 0.717) is 0 Å². The minimum atomic E-state index is -2.62. The first-order valence-electron chi connectivity index (χ1n) is 4.78. The van der Waals surface area contributed by atoms with Crippen molar-refractivity contribution in [2.45, 2.75) is 6.43 Å². The van der Waals surface area contributed by atoms with E-state index in [-0.39, 0.29) is 11.4 Å². The number of nitrogens with one attached hydrogen (secondary N) is 2. The number of aryl methyl sites for hydroxylation is 1. The third-order valence-electron chi connectivity index (χ3n) is 1.99. The molecule has 0 aliphatic heterocycles. The fraction of sp³-hybridized carbons (Fsp3) is 0.444. The lowest BCUT2D eigenvalue weighted by molar-refractivity contribution is 0.0882. The zero-order valence-electron chi connectivity index (χ0n) is 9.33. The lowest BCUT2D eigenvalue weighted by atomic mass is 10.3. The van der Waals surface area contributed by atoms with Crippen LogP contribution in [0.2, 0.25) is 0 Å². The molecule has 1 aromatic heterocycles. The summed E-state index contributed by atoms with van der Waals surface area (Å²) >= 11 is 0. The Kier molecular flexibility index (Phi) is 4.13. The Morgan fingerprint density at radius 3 is 2.65 bits per heavy atom. The second-order valence-corrected chi connectivity index (χ2v) is 3.22. The molecule has 1 aromatic rings. The average molecular weight is 246 g/mol. The third kappa shape index (κ3) is 3.23. The Bertz CT molecular complexity index is 431. The predicted octanol–water partition coefficient (Wildman–Crippen LogP) is -0.225. The van der Waals surface area contributed by atoms with Gasteiger partial charge in [0.1, 0.15) is 5.69 Å². The van der Waals surface area contributed by atoms with Crippen molar-refractivity contribution in [2.24, 2.45) is 7.05 Å². The molecule has 2 amide bonds. The minimum absolute atomic E-state index is 0.0456. The number of aromatic nitrogens is 2. The highest BCUT2D eigenvalue weighted by molar-refractivity contribution is 5.97. The number of nitrogens with zero attached hydrogens (tertiary/aromatic N) is 2. The van der Waals surface area contributed by atoms with Crippen molar-refractivity contribution in [3.63, 3.8) is 0 Å². The van der Waals surface area contributed by atoms with Crippen LogP contribution in [0.15, 0.2) is 6.07 Å². The lowest BCUT2D eigenvalue weighted by Gasteiger charge is -2.03. The molecule has 0 saturated heterocycles. The van der Waals surface area contributed by atoms with Gasteiger partial charge in [-0.25, -0.2) is 8.78 Å². The molecule has 0 bridgehead atoms. The van der Waals surface area contributed by atoms with Crippen molar-refractivity contribution < 1.29 is 18.4 Å². The molecule has 0 spiro atoms. The standard InChI is InChI=1S/C9H12F2N4O2/c1-12-8(16)5-3-6(15(2)14-5)9(17)13-4-7(10)11/h3,7H,4H2,1-2H3,(H,12,16)(H,13,17). The van der Waals surface area contributed by atoms with Crippen LogP contribution in [-0.2, 0) is 7.05 Å². The van der Waals surface area contributed by atoms with Crippen molar-refractivity contribution in [3.8, 4) is 0 Å². The first kappa shape index (κ1) is 13.1. The van der Waals surface area contributed by atoms with Crippen LogP contribution in [0, 0.1) is 0 Å². The van der Waals surface area contributed by atoms with Crippen molar-refractivity contribution in [1.29, 1.82) is 0 Å². The summed E-state index contributed by atoms with van der Waals surface area (Å²) in [4.78, 5) is 22.7. The van der Waals surface area contributed by atoms with Gasteiger partial charge >= 0.3 is 0 Å². The van der Waals surface area contributed by atoms with Gasteiger partial charge in [0.25, 0.3) is 18.2 Å². The topological polar surface area (TPSA) is 76.0 Å². The van der Waals surface area contributed by atoms with Gasteiger partial charge < -0.3 is 10.6 Å². The summed E-state index contributed by atoms with van der Waals surface area (Å²) in [6, 6.07) is 1.24. The van der Waals surface area contributed by atoms with Crippen LogP contribution in [0.4, 0.5) is 8.78 Å². The lowest BCUT2D eigenvalue weighted by Crippen LogP contribution is -2.29. The Labute approximate surface area is 96.0 Å². The van der Waals surface area contributed by atoms with Gasteiger partial charge in [-0.3, -0.25) is 14.3 Å². The van der Waals surface area contributed by atoms with Gasteiger partial charge in [-0.15, -0.1) is 0 Å². The quantitative estimate of drug-likeness (QED) is 0.770. The summed E-state index contributed by atoms with van der Waals surface area (Å²) in [6.07, 6.45) is -2.62. The Hall–Kier alpha value is -1.99. The van der Waals surface area contributed by atoms with Crippen LogP contribution >= 0.6 is 0 Å². The monoisotopic (exact) mass is 246 g/mol. The molecule has 0 unspecified atom stereocenters. The highest BCUT2D eigenvalue weighted by atomic mass is 19.3. The van der Waals surface area contributed by atoms with Crippen molar-refractivity contribution in [1.82, 2.24) is 20.4 Å². The zero-order valence-corrected chi connectivity index (χ0v) is 9.33. The van der Waals surface area contributed by atoms with Gasteiger partial charge in [-0.05, 0) is 0 Å². The number of alkyl halides is 2. The van der Waals surface area contributed by atoms with Crippen molar-refractivity contribution in [3.05, 3.63) is 17.5 Å². The highest BCUT2D eigenvalue weighted by Crippen LogP contribution is 2.03. The summed E-state index contributed by atoms with van der Waals surface area (Å²) in [5.41, 5.74) is 0.0986. The average Bonchev–Trinajstić information content (AvgIpc) is 2.67. The van der Waals surface area contributed by atoms with Gasteiger partial charge in [-0.1, -0.05) is 0 Å². The molecule has 94 valence electrons. The molecule has 8 heteroatoms. The van der Waals surface area contributed by atoms with E-state index >= 15 is 0 Å². The maximum absolute atomic E-state index is 11.9. The first-order chi connectivity index (χ1) is 7.95. The summed E-state index contributed by atoms with van der Waals surface area (Å²) in [5.74, 6) is -1.15. The number of carbonyl (C=O) groups is 2.